The number of nitrogens with one attached hydrogen (secondary N) is 1. The molecule has 4 aliphatic rings. The van der Waals surface area contributed by atoms with E-state index in [2.05, 4.69) is 62.9 Å². The van der Waals surface area contributed by atoms with Gasteiger partial charge in [0.05, 0.1) is 11.4 Å². The number of benzene rings is 1. The van der Waals surface area contributed by atoms with Crippen LogP contribution in [0.1, 0.15) is 62.7 Å². The average molecular weight is 528 g/mol. The maximum atomic E-state index is 12.1. The van der Waals surface area contributed by atoms with Gasteiger partial charge < -0.3 is 10.2 Å². The highest BCUT2D eigenvalue weighted by Gasteiger charge is 2.57. The molecule has 3 aliphatic carbocycles. The molecule has 1 aliphatic heterocycles. The van der Waals surface area contributed by atoms with E-state index in [-0.39, 0.29) is 17.6 Å². The van der Waals surface area contributed by atoms with Crippen molar-refractivity contribution in [2.75, 3.05) is 31.5 Å². The van der Waals surface area contributed by atoms with Gasteiger partial charge in [0.25, 0.3) is 0 Å². The lowest BCUT2D eigenvalue weighted by Gasteiger charge is -2.64. The molecular weight excluding hydrogens is 490 g/mol. The summed E-state index contributed by atoms with van der Waals surface area (Å²) in [6.45, 7) is 11.4. The molecule has 7 rings (SSSR count). The van der Waals surface area contributed by atoms with Gasteiger partial charge in [-0.05, 0) is 68.1 Å². The highest BCUT2D eigenvalue weighted by atomic mass is 16.2. The van der Waals surface area contributed by atoms with Gasteiger partial charge in [0.15, 0.2) is 5.65 Å². The summed E-state index contributed by atoms with van der Waals surface area (Å²) in [5.41, 5.74) is 3.31. The third-order valence-corrected chi connectivity index (χ3v) is 9.11. The molecule has 1 N–H and O–H groups in total. The predicted molar refractivity (Wildman–Crippen MR) is 151 cm³/mol. The van der Waals surface area contributed by atoms with Crippen molar-refractivity contribution in [1.29, 1.82) is 0 Å². The Bertz CT molecular complexity index is 1420. The quantitative estimate of drug-likeness (QED) is 0.421. The summed E-state index contributed by atoms with van der Waals surface area (Å²) in [4.78, 5) is 41.7. The highest BCUT2D eigenvalue weighted by Crippen LogP contribution is 2.68. The van der Waals surface area contributed by atoms with Crippen molar-refractivity contribution < 1.29 is 4.79 Å². The second-order valence-electron chi connectivity index (χ2n) is 11.6. The minimum atomic E-state index is -0.305. The number of carbonyl (C=O) groups is 1. The Balaban J connectivity index is 1.18. The van der Waals surface area contributed by atoms with Crippen LogP contribution in [0.25, 0.3) is 11.0 Å². The van der Waals surface area contributed by atoms with Crippen LogP contribution in [0.5, 0.6) is 0 Å². The molecule has 2 bridgehead atoms. The van der Waals surface area contributed by atoms with E-state index >= 15 is 0 Å². The Morgan fingerprint density at radius 3 is 2.38 bits per heavy atom. The smallest absolute Gasteiger partial charge is 0.348 e. The second-order valence-corrected chi connectivity index (χ2v) is 11.6. The number of fused-ring (bicyclic) bond motifs is 1. The molecular formula is C30H37N7O2. The first-order valence-electron chi connectivity index (χ1n) is 14.1. The van der Waals surface area contributed by atoms with E-state index < -0.39 is 0 Å². The largest absolute Gasteiger partial charge is 0.349 e. The van der Waals surface area contributed by atoms with Gasteiger partial charge in [-0.1, -0.05) is 30.8 Å². The van der Waals surface area contributed by atoms with Gasteiger partial charge in [0.2, 0.25) is 11.9 Å². The van der Waals surface area contributed by atoms with Crippen molar-refractivity contribution in [2.45, 2.75) is 58.2 Å². The predicted octanol–water partition coefficient (Wildman–Crippen LogP) is 3.94. The van der Waals surface area contributed by atoms with Crippen molar-refractivity contribution in [2.24, 2.45) is 11.3 Å². The van der Waals surface area contributed by atoms with E-state index in [0.717, 1.165) is 43.0 Å². The molecule has 3 heterocycles. The average Bonchev–Trinajstić information content (AvgIpc) is 2.91. The van der Waals surface area contributed by atoms with Crippen molar-refractivity contribution in [3.8, 4) is 0 Å². The number of rotatable bonds is 9. The first-order chi connectivity index (χ1) is 18.9. The summed E-state index contributed by atoms with van der Waals surface area (Å²) < 4.78 is 1.56. The number of anilines is 1. The molecule has 39 heavy (non-hydrogen) atoms. The van der Waals surface area contributed by atoms with Crippen LogP contribution in [0, 0.1) is 11.3 Å². The molecule has 9 nitrogen and oxygen atoms in total. The van der Waals surface area contributed by atoms with Crippen LogP contribution in [-0.2, 0) is 11.3 Å². The first-order valence-corrected chi connectivity index (χ1v) is 14.1. The molecule has 3 saturated carbocycles. The maximum absolute atomic E-state index is 12.1. The minimum Gasteiger partial charge on any atom is -0.348 e. The van der Waals surface area contributed by atoms with Crippen LogP contribution in [0.3, 0.4) is 0 Å². The zero-order valence-corrected chi connectivity index (χ0v) is 22.8. The molecule has 0 spiro atoms. The lowest BCUT2D eigenvalue weighted by atomic mass is 9.42. The molecule has 3 aromatic rings. The van der Waals surface area contributed by atoms with Crippen LogP contribution in [0.15, 0.2) is 54.1 Å². The van der Waals surface area contributed by atoms with Gasteiger partial charge >= 0.3 is 5.69 Å². The van der Waals surface area contributed by atoms with E-state index in [9.17, 15) is 9.59 Å². The lowest BCUT2D eigenvalue weighted by Crippen LogP contribution is -2.55. The highest BCUT2D eigenvalue weighted by molar-refractivity contribution is 5.87. The van der Waals surface area contributed by atoms with Crippen LogP contribution in [0.2, 0.25) is 0 Å². The lowest BCUT2D eigenvalue weighted by molar-refractivity contribution is -0.134. The van der Waals surface area contributed by atoms with Gasteiger partial charge in [-0.2, -0.15) is 4.98 Å². The fourth-order valence-electron chi connectivity index (χ4n) is 6.77. The van der Waals surface area contributed by atoms with E-state index in [1.54, 1.807) is 10.8 Å². The number of piperazine rings is 1. The normalized spacial score (nSPS) is 23.9. The van der Waals surface area contributed by atoms with Crippen molar-refractivity contribution in [3.63, 3.8) is 0 Å². The maximum Gasteiger partial charge on any atom is 0.349 e. The Morgan fingerprint density at radius 1 is 1.10 bits per heavy atom. The minimum absolute atomic E-state index is 0.00957. The topological polar surface area (TPSA) is 96.3 Å². The Kier molecular flexibility index (Phi) is 6.71. The molecule has 2 aromatic heterocycles. The number of aryl methyl sites for hydroxylation is 1. The third kappa shape index (κ3) is 4.84. The van der Waals surface area contributed by atoms with Crippen molar-refractivity contribution in [3.05, 3.63) is 70.9 Å². The van der Waals surface area contributed by atoms with E-state index in [4.69, 9.17) is 0 Å². The second kappa shape index (κ2) is 10.2. The molecule has 1 saturated heterocycles. The summed E-state index contributed by atoms with van der Waals surface area (Å²) in [5, 5.41) is 4.14. The summed E-state index contributed by atoms with van der Waals surface area (Å²) >= 11 is 0. The summed E-state index contributed by atoms with van der Waals surface area (Å²) in [7, 11) is 0. The fraction of sp³-hybridized carbons (Fsp3) is 0.500. The number of aromatic nitrogens is 4. The molecule has 1 amide bonds. The SMILES string of the molecule is C=CC(=O)N1CCN(C(CC23CC(C2)C3)c2ccc([C@H](C)Nc3ncc4cnc(=O)n(CC)c4n3)cc2)CC1. The van der Waals surface area contributed by atoms with E-state index in [1.165, 1.54) is 43.5 Å². The zero-order valence-electron chi connectivity index (χ0n) is 22.8. The third-order valence-electron chi connectivity index (χ3n) is 9.11. The standard InChI is InChI=1S/C30H37N7O2/c1-4-26(38)36-12-10-35(11-13-36)25(17-30-14-21(15-30)16-30)23-8-6-22(7-9-23)20(3)33-28-31-18-24-19-32-29(39)37(5-2)27(24)34-28/h4,6-9,18-21,25H,1,5,10-17H2,2-3H3,(H,31,33,34)/t20-,21?,25?,30?/m0/s1. The number of nitrogens with zero attached hydrogens (tertiary/aromatic N) is 6. The van der Waals surface area contributed by atoms with Crippen LogP contribution >= 0.6 is 0 Å². The molecule has 1 aromatic carbocycles. The first kappa shape index (κ1) is 25.7. The van der Waals surface area contributed by atoms with E-state index in [1.807, 2.05) is 11.8 Å². The van der Waals surface area contributed by atoms with Gasteiger partial charge in [-0.15, -0.1) is 0 Å². The van der Waals surface area contributed by atoms with Crippen LogP contribution < -0.4 is 11.0 Å². The number of amides is 1. The summed E-state index contributed by atoms with van der Waals surface area (Å²) in [6, 6.07) is 9.30. The Morgan fingerprint density at radius 2 is 1.77 bits per heavy atom. The number of carbonyl (C=O) groups excluding carboxylic acids is 1. The van der Waals surface area contributed by atoms with Crippen molar-refractivity contribution >= 4 is 22.9 Å². The van der Waals surface area contributed by atoms with Crippen LogP contribution in [0.4, 0.5) is 5.95 Å². The van der Waals surface area contributed by atoms with E-state index in [0.29, 0.717) is 29.6 Å². The molecule has 1 unspecified atom stereocenters. The number of hydrogen-bond acceptors (Lipinski definition) is 7. The number of hydrogen-bond donors (Lipinski definition) is 1. The Hall–Kier alpha value is -3.59. The Labute approximate surface area is 229 Å². The van der Waals surface area contributed by atoms with Crippen LogP contribution in [-0.4, -0.2) is 61.4 Å². The monoisotopic (exact) mass is 527 g/mol. The molecule has 2 atom stereocenters. The molecule has 0 radical (unpaired) electrons. The molecule has 204 valence electrons. The molecule has 4 fully saturated rings. The fourth-order valence-corrected chi connectivity index (χ4v) is 6.77. The summed E-state index contributed by atoms with van der Waals surface area (Å²) in [6.07, 6.45) is 9.99. The summed E-state index contributed by atoms with van der Waals surface area (Å²) in [5.74, 6) is 1.48. The van der Waals surface area contributed by atoms with Gasteiger partial charge in [0.1, 0.15) is 0 Å². The molecule has 9 heteroatoms. The van der Waals surface area contributed by atoms with Crippen molar-refractivity contribution in [1.82, 2.24) is 29.3 Å². The van der Waals surface area contributed by atoms with Gasteiger partial charge in [-0.25, -0.2) is 14.8 Å². The van der Waals surface area contributed by atoms with Gasteiger partial charge in [-0.3, -0.25) is 14.3 Å². The zero-order chi connectivity index (χ0) is 27.1. The van der Waals surface area contributed by atoms with Gasteiger partial charge in [0, 0.05) is 51.2 Å².